The molecule has 10 aromatic carbocycles. The van der Waals surface area contributed by atoms with E-state index in [1.54, 1.807) is 0 Å². The van der Waals surface area contributed by atoms with Gasteiger partial charge in [0, 0.05) is 55.2 Å². The van der Waals surface area contributed by atoms with E-state index in [1.165, 1.54) is 66.3 Å². The quantitative estimate of drug-likeness (QED) is 0.173. The van der Waals surface area contributed by atoms with Crippen molar-refractivity contribution in [3.05, 3.63) is 259 Å². The lowest BCUT2D eigenvalue weighted by atomic mass is 9.70. The molecule has 2 aliphatic rings. The lowest BCUT2D eigenvalue weighted by Crippen LogP contribution is -2.25. The highest BCUT2D eigenvalue weighted by Gasteiger charge is 2.52. The Morgan fingerprint density at radius 2 is 0.783 bits per heavy atom. The number of benzene rings is 10. The Kier molecular flexibility index (Phi) is 7.93. The van der Waals surface area contributed by atoms with Crippen LogP contribution in [-0.2, 0) is 5.41 Å². The molecule has 5 nitrogen and oxygen atoms in total. The van der Waals surface area contributed by atoms with E-state index in [0.717, 1.165) is 49.9 Å². The van der Waals surface area contributed by atoms with Crippen LogP contribution >= 0.6 is 0 Å². The molecule has 0 aliphatic heterocycles. The number of fused-ring (bicyclic) bond motifs is 17. The summed E-state index contributed by atoms with van der Waals surface area (Å²) in [7, 11) is 0. The molecule has 320 valence electrons. The summed E-state index contributed by atoms with van der Waals surface area (Å²) in [6.45, 7) is 0. The Morgan fingerprint density at radius 1 is 0.290 bits per heavy atom. The first-order valence-electron chi connectivity index (χ1n) is 23.6. The molecule has 0 radical (unpaired) electrons. The van der Waals surface area contributed by atoms with E-state index in [2.05, 4.69) is 209 Å². The third kappa shape index (κ3) is 5.27. The van der Waals surface area contributed by atoms with Gasteiger partial charge >= 0.3 is 0 Å². The van der Waals surface area contributed by atoms with Crippen LogP contribution < -0.4 is 0 Å². The van der Waals surface area contributed by atoms with Crippen molar-refractivity contribution in [2.45, 2.75) is 5.41 Å². The summed E-state index contributed by atoms with van der Waals surface area (Å²) in [5.41, 5.74) is 19.7. The van der Waals surface area contributed by atoms with E-state index in [9.17, 15) is 0 Å². The summed E-state index contributed by atoms with van der Waals surface area (Å²) in [6.07, 6.45) is 0. The monoisotopic (exact) mass is 877 g/mol. The molecule has 13 aromatic rings. The average molecular weight is 878 g/mol. The van der Waals surface area contributed by atoms with Crippen molar-refractivity contribution in [3.8, 4) is 67.8 Å². The Labute approximate surface area is 397 Å². The zero-order valence-corrected chi connectivity index (χ0v) is 37.3. The zero-order chi connectivity index (χ0) is 45.2. The number of hydrogen-bond donors (Lipinski definition) is 0. The Balaban J connectivity index is 1.01. The van der Waals surface area contributed by atoms with Crippen molar-refractivity contribution in [1.29, 1.82) is 0 Å². The molecule has 0 bridgehead atoms. The van der Waals surface area contributed by atoms with Crippen LogP contribution in [0.3, 0.4) is 0 Å². The molecule has 0 unspecified atom stereocenters. The smallest absolute Gasteiger partial charge is 0.164 e. The predicted molar refractivity (Wildman–Crippen MR) is 281 cm³/mol. The van der Waals surface area contributed by atoms with Gasteiger partial charge in [0.25, 0.3) is 0 Å². The van der Waals surface area contributed by atoms with Crippen LogP contribution in [0.2, 0.25) is 0 Å². The van der Waals surface area contributed by atoms with E-state index in [4.69, 9.17) is 15.0 Å². The molecule has 69 heavy (non-hydrogen) atoms. The van der Waals surface area contributed by atoms with Gasteiger partial charge < -0.3 is 9.13 Å². The van der Waals surface area contributed by atoms with Gasteiger partial charge in [-0.2, -0.15) is 0 Å². The van der Waals surface area contributed by atoms with Crippen LogP contribution in [0.5, 0.6) is 0 Å². The minimum Gasteiger partial charge on any atom is -0.309 e. The maximum atomic E-state index is 5.15. The van der Waals surface area contributed by atoms with E-state index >= 15 is 0 Å². The fourth-order valence-electron chi connectivity index (χ4n) is 12.0. The minimum atomic E-state index is -0.451. The average Bonchev–Trinajstić information content (AvgIpc) is 4.13. The second-order valence-electron chi connectivity index (χ2n) is 18.3. The van der Waals surface area contributed by atoms with E-state index < -0.39 is 5.41 Å². The van der Waals surface area contributed by atoms with Gasteiger partial charge in [0.05, 0.1) is 27.5 Å². The second-order valence-corrected chi connectivity index (χ2v) is 18.3. The standard InChI is InChI=1S/C64H39N5/c1-4-18-40(19-5-1)61-65-62(41-20-6-2-7-21-41)67-63(66-61)42-32-36-57-50(38-42)51-39-44(33-37-58(51)68(57)43-22-8-3-9-23-43)69-56-31-17-13-26-47(56)48-34-35-55-59(60(48)69)49-27-12-16-30-54(49)64(55)52-28-14-10-24-45(52)46-25-11-15-29-53(46)64/h1-39H. The number of aromatic nitrogens is 5. The first-order valence-corrected chi connectivity index (χ1v) is 23.6. The molecule has 0 N–H and O–H groups in total. The molecule has 3 aromatic heterocycles. The van der Waals surface area contributed by atoms with Gasteiger partial charge in [0.2, 0.25) is 0 Å². The first-order chi connectivity index (χ1) is 34.2. The first kappa shape index (κ1) is 38.0. The van der Waals surface area contributed by atoms with Crippen molar-refractivity contribution >= 4 is 43.6 Å². The van der Waals surface area contributed by atoms with Gasteiger partial charge in [0.1, 0.15) is 0 Å². The molecule has 5 heteroatoms. The SMILES string of the molecule is c1ccc(-c2nc(-c3ccccc3)nc(-c3ccc4c(c3)c3cc(-n5c6ccccc6c6ccc7c(c65)-c5ccccc5C75c6ccccc6-c6ccccc65)ccc3n4-c3ccccc3)n2)cc1. The third-order valence-electron chi connectivity index (χ3n) is 14.8. The fourth-order valence-corrected chi connectivity index (χ4v) is 12.0. The van der Waals surface area contributed by atoms with Crippen LogP contribution in [-0.4, -0.2) is 24.1 Å². The van der Waals surface area contributed by atoms with Gasteiger partial charge in [-0.3, -0.25) is 0 Å². The molecule has 15 rings (SSSR count). The molecule has 2 aliphatic carbocycles. The molecule has 0 saturated carbocycles. The summed E-state index contributed by atoms with van der Waals surface area (Å²) in [5, 5.41) is 4.73. The molecule has 3 heterocycles. The number of para-hydroxylation sites is 2. The van der Waals surface area contributed by atoms with Crippen LogP contribution in [0.15, 0.2) is 237 Å². The summed E-state index contributed by atoms with van der Waals surface area (Å²) >= 11 is 0. The summed E-state index contributed by atoms with van der Waals surface area (Å²) in [6, 6.07) is 85.7. The Bertz CT molecular complexity index is 4140. The van der Waals surface area contributed by atoms with Crippen molar-refractivity contribution in [3.63, 3.8) is 0 Å². The molecule has 0 saturated heterocycles. The van der Waals surface area contributed by atoms with Gasteiger partial charge in [-0.05, 0) is 93.5 Å². The molecule has 0 amide bonds. The Hall–Kier alpha value is -9.19. The zero-order valence-electron chi connectivity index (χ0n) is 37.3. The van der Waals surface area contributed by atoms with Gasteiger partial charge in [-0.1, -0.05) is 182 Å². The van der Waals surface area contributed by atoms with Crippen molar-refractivity contribution in [2.24, 2.45) is 0 Å². The highest BCUT2D eigenvalue weighted by Crippen LogP contribution is 2.64. The largest absolute Gasteiger partial charge is 0.309 e. The van der Waals surface area contributed by atoms with Crippen LogP contribution in [0.25, 0.3) is 111 Å². The van der Waals surface area contributed by atoms with Gasteiger partial charge in [0.15, 0.2) is 17.5 Å². The Morgan fingerprint density at radius 3 is 1.43 bits per heavy atom. The summed E-state index contributed by atoms with van der Waals surface area (Å²) < 4.78 is 4.92. The molecule has 0 atom stereocenters. The lowest BCUT2D eigenvalue weighted by Gasteiger charge is -2.30. The second kappa shape index (κ2) is 14.4. The minimum absolute atomic E-state index is 0.451. The maximum absolute atomic E-state index is 5.15. The van der Waals surface area contributed by atoms with E-state index in [-0.39, 0.29) is 0 Å². The maximum Gasteiger partial charge on any atom is 0.164 e. The van der Waals surface area contributed by atoms with Crippen molar-refractivity contribution < 1.29 is 0 Å². The van der Waals surface area contributed by atoms with Crippen LogP contribution in [0.1, 0.15) is 22.3 Å². The predicted octanol–water partition coefficient (Wildman–Crippen LogP) is 15.4. The van der Waals surface area contributed by atoms with Crippen LogP contribution in [0.4, 0.5) is 0 Å². The highest BCUT2D eigenvalue weighted by molar-refractivity contribution is 6.17. The lowest BCUT2D eigenvalue weighted by molar-refractivity contribution is 0.794. The highest BCUT2D eigenvalue weighted by atomic mass is 15.0. The third-order valence-corrected chi connectivity index (χ3v) is 14.8. The van der Waals surface area contributed by atoms with Crippen LogP contribution in [0, 0.1) is 0 Å². The number of rotatable bonds is 5. The van der Waals surface area contributed by atoms with Gasteiger partial charge in [-0.25, -0.2) is 15.0 Å². The van der Waals surface area contributed by atoms with E-state index in [0.29, 0.717) is 17.5 Å². The number of hydrogen-bond acceptors (Lipinski definition) is 3. The number of nitrogens with zero attached hydrogens (tertiary/aromatic N) is 5. The molecule has 0 fully saturated rings. The topological polar surface area (TPSA) is 48.5 Å². The summed E-state index contributed by atoms with van der Waals surface area (Å²) in [4.78, 5) is 15.3. The van der Waals surface area contributed by atoms with Gasteiger partial charge in [-0.15, -0.1) is 0 Å². The molecular weight excluding hydrogens is 839 g/mol. The van der Waals surface area contributed by atoms with Crippen molar-refractivity contribution in [1.82, 2.24) is 24.1 Å². The summed E-state index contributed by atoms with van der Waals surface area (Å²) in [5.74, 6) is 1.91. The van der Waals surface area contributed by atoms with E-state index in [1.807, 2.05) is 36.4 Å². The normalized spacial score (nSPS) is 13.0. The van der Waals surface area contributed by atoms with Crippen molar-refractivity contribution in [2.75, 3.05) is 0 Å². The molecule has 1 spiro atoms. The molecular formula is C64H39N5. The fraction of sp³-hybridized carbons (Fsp3) is 0.0156.